The standard InChI is InChI=1S/C13H20N4O2/c1-10-8-15-13(7-12(10)17(18)19)16-6-4-3-5-11(16)9-14-2/h7-8,11,14H,3-6,9H2,1-2H3. The quantitative estimate of drug-likeness (QED) is 0.664. The highest BCUT2D eigenvalue weighted by atomic mass is 16.6. The minimum atomic E-state index is -0.336. The van der Waals surface area contributed by atoms with Gasteiger partial charge >= 0.3 is 0 Å². The topological polar surface area (TPSA) is 71.3 Å². The summed E-state index contributed by atoms with van der Waals surface area (Å²) >= 11 is 0. The molecule has 6 heteroatoms. The van der Waals surface area contributed by atoms with E-state index in [1.54, 1.807) is 19.2 Å². The molecule has 2 rings (SSSR count). The molecular formula is C13H20N4O2. The molecule has 1 aliphatic rings. The summed E-state index contributed by atoms with van der Waals surface area (Å²) in [5.41, 5.74) is 0.759. The fourth-order valence-electron chi connectivity index (χ4n) is 2.61. The number of hydrogen-bond donors (Lipinski definition) is 1. The molecule has 0 saturated carbocycles. The van der Waals surface area contributed by atoms with Crippen LogP contribution in [0.5, 0.6) is 0 Å². The van der Waals surface area contributed by atoms with Crippen molar-refractivity contribution >= 4 is 11.5 Å². The number of aromatic nitrogens is 1. The first-order chi connectivity index (χ1) is 9.13. The molecule has 0 bridgehead atoms. The van der Waals surface area contributed by atoms with Gasteiger partial charge in [-0.1, -0.05) is 0 Å². The van der Waals surface area contributed by atoms with Crippen LogP contribution in [0.25, 0.3) is 0 Å². The van der Waals surface area contributed by atoms with E-state index in [0.29, 0.717) is 11.6 Å². The van der Waals surface area contributed by atoms with Crippen LogP contribution in [0.4, 0.5) is 11.5 Å². The molecule has 104 valence electrons. The number of nitrogens with one attached hydrogen (secondary N) is 1. The summed E-state index contributed by atoms with van der Waals surface area (Å²) in [5.74, 6) is 0.720. The van der Waals surface area contributed by atoms with Gasteiger partial charge in [0.05, 0.1) is 11.0 Å². The third kappa shape index (κ3) is 3.01. The molecule has 0 amide bonds. The molecule has 2 heterocycles. The van der Waals surface area contributed by atoms with Crippen molar-refractivity contribution < 1.29 is 4.92 Å². The van der Waals surface area contributed by atoms with Crippen molar-refractivity contribution in [1.29, 1.82) is 0 Å². The normalized spacial score (nSPS) is 19.5. The van der Waals surface area contributed by atoms with Crippen molar-refractivity contribution in [2.45, 2.75) is 32.2 Å². The van der Waals surface area contributed by atoms with Crippen molar-refractivity contribution in [3.63, 3.8) is 0 Å². The predicted octanol–water partition coefficient (Wildman–Crippen LogP) is 1.88. The molecule has 1 atom stereocenters. The summed E-state index contributed by atoms with van der Waals surface area (Å²) < 4.78 is 0. The van der Waals surface area contributed by atoms with Gasteiger partial charge in [-0.05, 0) is 33.2 Å². The van der Waals surface area contributed by atoms with E-state index in [-0.39, 0.29) is 10.6 Å². The zero-order chi connectivity index (χ0) is 13.8. The number of pyridine rings is 1. The van der Waals surface area contributed by atoms with E-state index in [4.69, 9.17) is 0 Å². The molecule has 0 aromatic carbocycles. The van der Waals surface area contributed by atoms with Crippen molar-refractivity contribution in [1.82, 2.24) is 10.3 Å². The van der Waals surface area contributed by atoms with Crippen LogP contribution in [0.1, 0.15) is 24.8 Å². The fraction of sp³-hybridized carbons (Fsp3) is 0.615. The van der Waals surface area contributed by atoms with E-state index in [2.05, 4.69) is 15.2 Å². The number of rotatable bonds is 4. The zero-order valence-corrected chi connectivity index (χ0v) is 11.4. The minimum absolute atomic E-state index is 0.152. The molecule has 0 aliphatic carbocycles. The Labute approximate surface area is 113 Å². The third-order valence-electron chi connectivity index (χ3n) is 3.62. The van der Waals surface area contributed by atoms with Crippen LogP contribution in [0, 0.1) is 17.0 Å². The predicted molar refractivity (Wildman–Crippen MR) is 74.5 cm³/mol. The summed E-state index contributed by atoms with van der Waals surface area (Å²) in [5, 5.41) is 14.2. The second kappa shape index (κ2) is 5.97. The Hall–Kier alpha value is -1.69. The Morgan fingerprint density at radius 1 is 1.58 bits per heavy atom. The number of hydrogen-bond acceptors (Lipinski definition) is 5. The second-order valence-corrected chi connectivity index (χ2v) is 4.99. The van der Waals surface area contributed by atoms with Gasteiger partial charge in [-0.3, -0.25) is 10.1 Å². The average Bonchev–Trinajstić information content (AvgIpc) is 2.40. The molecule has 1 aliphatic heterocycles. The van der Waals surface area contributed by atoms with Gasteiger partial charge in [0.15, 0.2) is 0 Å². The van der Waals surface area contributed by atoms with Gasteiger partial charge < -0.3 is 10.2 Å². The maximum atomic E-state index is 11.0. The molecule has 1 saturated heterocycles. The highest BCUT2D eigenvalue weighted by molar-refractivity contribution is 5.51. The van der Waals surface area contributed by atoms with Gasteiger partial charge in [0.2, 0.25) is 0 Å². The Morgan fingerprint density at radius 2 is 2.37 bits per heavy atom. The van der Waals surface area contributed by atoms with Crippen molar-refractivity contribution in [2.75, 3.05) is 25.0 Å². The molecule has 1 aromatic heterocycles. The lowest BCUT2D eigenvalue weighted by molar-refractivity contribution is -0.385. The summed E-state index contributed by atoms with van der Waals surface area (Å²) in [6.45, 7) is 3.51. The van der Waals surface area contributed by atoms with Crippen LogP contribution in [-0.2, 0) is 0 Å². The summed E-state index contributed by atoms with van der Waals surface area (Å²) in [7, 11) is 1.93. The number of piperidine rings is 1. The first-order valence-corrected chi connectivity index (χ1v) is 6.65. The molecule has 1 fully saturated rings. The Kier molecular flexibility index (Phi) is 4.31. The SMILES string of the molecule is CNCC1CCCCN1c1cc([N+](=O)[O-])c(C)cn1. The van der Waals surface area contributed by atoms with Crippen molar-refractivity contribution in [3.8, 4) is 0 Å². The number of nitro groups is 1. The maximum Gasteiger partial charge on any atom is 0.277 e. The highest BCUT2D eigenvalue weighted by Crippen LogP contribution is 2.27. The van der Waals surface area contributed by atoms with Gasteiger partial charge in [0.1, 0.15) is 5.82 Å². The zero-order valence-electron chi connectivity index (χ0n) is 11.4. The minimum Gasteiger partial charge on any atom is -0.352 e. The van der Waals surface area contributed by atoms with Gasteiger partial charge in [0, 0.05) is 30.9 Å². The molecule has 19 heavy (non-hydrogen) atoms. The van der Waals surface area contributed by atoms with Crippen molar-refractivity contribution in [2.24, 2.45) is 0 Å². The lowest BCUT2D eigenvalue weighted by atomic mass is 10.0. The first-order valence-electron chi connectivity index (χ1n) is 6.65. The van der Waals surface area contributed by atoms with E-state index in [9.17, 15) is 10.1 Å². The van der Waals surface area contributed by atoms with E-state index in [1.165, 1.54) is 6.42 Å². The van der Waals surface area contributed by atoms with Crippen LogP contribution in [-0.4, -0.2) is 36.1 Å². The summed E-state index contributed by atoms with van der Waals surface area (Å²) in [6.07, 6.45) is 5.02. The Morgan fingerprint density at radius 3 is 3.05 bits per heavy atom. The Balaban J connectivity index is 2.28. The molecular weight excluding hydrogens is 244 g/mol. The maximum absolute atomic E-state index is 11.0. The molecule has 6 nitrogen and oxygen atoms in total. The van der Waals surface area contributed by atoms with Crippen LogP contribution < -0.4 is 10.2 Å². The molecule has 1 N–H and O–H groups in total. The highest BCUT2D eigenvalue weighted by Gasteiger charge is 2.24. The molecule has 1 aromatic rings. The Bertz CT molecular complexity index is 462. The van der Waals surface area contributed by atoms with E-state index in [1.807, 2.05) is 7.05 Å². The number of aryl methyl sites for hydroxylation is 1. The largest absolute Gasteiger partial charge is 0.352 e. The monoisotopic (exact) mass is 264 g/mol. The average molecular weight is 264 g/mol. The van der Waals surface area contributed by atoms with Crippen LogP contribution in [0.3, 0.4) is 0 Å². The van der Waals surface area contributed by atoms with E-state index < -0.39 is 0 Å². The number of nitrogens with zero attached hydrogens (tertiary/aromatic N) is 3. The first kappa shape index (κ1) is 13.7. The van der Waals surface area contributed by atoms with Gasteiger partial charge in [-0.2, -0.15) is 0 Å². The molecule has 0 radical (unpaired) electrons. The van der Waals surface area contributed by atoms with Gasteiger partial charge in [-0.25, -0.2) is 4.98 Å². The van der Waals surface area contributed by atoms with E-state index >= 15 is 0 Å². The van der Waals surface area contributed by atoms with Gasteiger partial charge in [0.25, 0.3) is 5.69 Å². The lowest BCUT2D eigenvalue weighted by Gasteiger charge is -2.36. The number of likely N-dealkylation sites (N-methyl/N-ethyl adjacent to an activating group) is 1. The van der Waals surface area contributed by atoms with Gasteiger partial charge in [-0.15, -0.1) is 0 Å². The second-order valence-electron chi connectivity index (χ2n) is 4.99. The van der Waals surface area contributed by atoms with Crippen LogP contribution >= 0.6 is 0 Å². The molecule has 1 unspecified atom stereocenters. The number of anilines is 1. The smallest absolute Gasteiger partial charge is 0.277 e. The van der Waals surface area contributed by atoms with Crippen molar-refractivity contribution in [3.05, 3.63) is 27.9 Å². The van der Waals surface area contributed by atoms with E-state index in [0.717, 1.165) is 31.7 Å². The lowest BCUT2D eigenvalue weighted by Crippen LogP contribution is -2.45. The van der Waals surface area contributed by atoms with Crippen LogP contribution in [0.15, 0.2) is 12.3 Å². The summed E-state index contributed by atoms with van der Waals surface area (Å²) in [6, 6.07) is 1.97. The summed E-state index contributed by atoms with van der Waals surface area (Å²) in [4.78, 5) is 17.2. The third-order valence-corrected chi connectivity index (χ3v) is 3.62. The fourth-order valence-corrected chi connectivity index (χ4v) is 2.61. The molecule has 0 spiro atoms. The van der Waals surface area contributed by atoms with Crippen LogP contribution in [0.2, 0.25) is 0 Å².